The number of fused-ring (bicyclic) bond motifs is 1. The van der Waals surface area contributed by atoms with Crippen LogP contribution in [0.5, 0.6) is 5.75 Å². The number of carboxylic acid groups (broad SMARTS) is 2. The molecule has 2 aliphatic rings. The Morgan fingerprint density at radius 1 is 0.967 bits per heavy atom. The number of thiazole rings is 1. The Bertz CT molecular complexity index is 2130. The fourth-order valence-corrected chi connectivity index (χ4v) is 7.33. The summed E-state index contributed by atoms with van der Waals surface area (Å²) in [6.07, 6.45) is -8.35. The third-order valence-corrected chi connectivity index (χ3v) is 10.8. The molecule has 0 saturated carbocycles. The number of pyridine rings is 1. The number of aromatic amines is 1. The predicted octanol–water partition coefficient (Wildman–Crippen LogP) is 5.45. The number of alkyl halides is 6. The van der Waals surface area contributed by atoms with Crippen LogP contribution in [-0.2, 0) is 27.3 Å². The molecule has 6 rings (SSSR count). The molecule has 0 radical (unpaired) electrons. The molecule has 4 aromatic rings. The quantitative estimate of drug-likeness (QED) is 0.0870. The first kappa shape index (κ1) is 47.6. The molecule has 0 unspecified atom stereocenters. The number of amides is 1. The Balaban J connectivity index is 0.000000488. The van der Waals surface area contributed by atoms with Crippen molar-refractivity contribution in [2.45, 2.75) is 69.6 Å². The van der Waals surface area contributed by atoms with Gasteiger partial charge in [0.15, 0.2) is 0 Å². The molecule has 0 bridgehead atoms. The van der Waals surface area contributed by atoms with E-state index in [1.807, 2.05) is 10.3 Å². The molecule has 2 aliphatic heterocycles. The molecule has 6 N–H and O–H groups in total. The molecule has 2 saturated heterocycles. The van der Waals surface area contributed by atoms with Gasteiger partial charge in [0, 0.05) is 55.5 Å². The molecule has 60 heavy (non-hydrogen) atoms. The minimum Gasteiger partial charge on any atom is -0.506 e. The number of morpholine rings is 1. The fraction of sp³-hybridized carbons (Fsp3) is 0.462. The Morgan fingerprint density at radius 3 is 2.20 bits per heavy atom. The van der Waals surface area contributed by atoms with Gasteiger partial charge in [-0.25, -0.2) is 14.6 Å². The molecule has 1 spiro atoms. The minimum atomic E-state index is -5.08. The van der Waals surface area contributed by atoms with Gasteiger partial charge in [-0.3, -0.25) is 14.5 Å². The largest absolute Gasteiger partial charge is 0.506 e. The van der Waals surface area contributed by atoms with Gasteiger partial charge >= 0.3 is 24.3 Å². The van der Waals surface area contributed by atoms with E-state index in [4.69, 9.17) is 24.5 Å². The predicted molar refractivity (Wildman–Crippen MR) is 207 cm³/mol. The monoisotopic (exact) mass is 873 g/mol. The zero-order valence-electron chi connectivity index (χ0n) is 32.5. The summed E-state index contributed by atoms with van der Waals surface area (Å²) in [5.41, 5.74) is 3.45. The summed E-state index contributed by atoms with van der Waals surface area (Å²) in [7, 11) is 0. The average Bonchev–Trinajstić information content (AvgIpc) is 3.69. The van der Waals surface area contributed by atoms with Crippen molar-refractivity contribution in [1.29, 1.82) is 0 Å². The van der Waals surface area contributed by atoms with Crippen molar-refractivity contribution in [2.24, 2.45) is 0 Å². The number of aromatic hydroxyl groups is 1. The number of H-pyrrole nitrogens is 1. The highest BCUT2D eigenvalue weighted by atomic mass is 32.1. The third-order valence-electron chi connectivity index (χ3n) is 9.61. The zero-order chi connectivity index (χ0) is 44.4. The molecule has 4 heterocycles. The van der Waals surface area contributed by atoms with E-state index in [-0.39, 0.29) is 22.8 Å². The second-order valence-corrected chi connectivity index (χ2v) is 15.3. The maximum Gasteiger partial charge on any atom is 0.490 e. The van der Waals surface area contributed by atoms with E-state index in [2.05, 4.69) is 58.3 Å². The summed E-state index contributed by atoms with van der Waals surface area (Å²) in [4.78, 5) is 54.3. The van der Waals surface area contributed by atoms with Crippen LogP contribution in [0.25, 0.3) is 10.9 Å². The van der Waals surface area contributed by atoms with E-state index < -0.39 is 30.4 Å². The van der Waals surface area contributed by atoms with Gasteiger partial charge in [0.25, 0.3) is 5.91 Å². The first-order chi connectivity index (χ1) is 28.1. The van der Waals surface area contributed by atoms with Crippen molar-refractivity contribution in [3.63, 3.8) is 0 Å². The van der Waals surface area contributed by atoms with Crippen LogP contribution in [0.15, 0.2) is 58.7 Å². The van der Waals surface area contributed by atoms with Crippen molar-refractivity contribution < 1.29 is 65.9 Å². The van der Waals surface area contributed by atoms with Crippen molar-refractivity contribution in [3.05, 3.63) is 91.7 Å². The Labute approximate surface area is 343 Å². The number of benzene rings is 2. The van der Waals surface area contributed by atoms with Gasteiger partial charge in [0.1, 0.15) is 11.4 Å². The number of ether oxygens (including phenoxy) is 1. The number of aliphatic hydroxyl groups is 1. The highest BCUT2D eigenvalue weighted by molar-refractivity contribution is 7.09. The fourth-order valence-electron chi connectivity index (χ4n) is 6.53. The van der Waals surface area contributed by atoms with Gasteiger partial charge < -0.3 is 40.4 Å². The van der Waals surface area contributed by atoms with Crippen molar-refractivity contribution in [1.82, 2.24) is 25.1 Å². The Morgan fingerprint density at radius 2 is 1.60 bits per heavy atom. The number of likely N-dealkylation sites (tertiary alicyclic amines) is 1. The molecule has 1 atom stereocenters. The van der Waals surface area contributed by atoms with Gasteiger partial charge in [-0.1, -0.05) is 44.2 Å². The van der Waals surface area contributed by atoms with Crippen molar-refractivity contribution in [2.75, 3.05) is 45.9 Å². The van der Waals surface area contributed by atoms with Gasteiger partial charge in [-0.05, 0) is 54.6 Å². The number of aromatic nitrogens is 2. The van der Waals surface area contributed by atoms with Crippen LogP contribution < -0.4 is 10.9 Å². The standard InChI is InChI=1S/C35H43N5O5S.2C2HF3O2/c1-23(2)33-37-28(21-46-33)34(44)40-16-17-45-35(22-40)11-14-39(15-12-35)20-25-5-3-4-24(18-25)10-13-36-19-30(42)26-6-8-29(41)32-27(26)7-9-31(43)38-32;2*3-2(4,5)1(6)7/h3-9,18,21,23,30,36,41-42H,10-17,19-20,22H2,1-2H3,(H,38,43);2*(H,6,7)/t30-;;/m0../s1. The van der Waals surface area contributed by atoms with Crippen LogP contribution in [0.4, 0.5) is 26.3 Å². The lowest BCUT2D eigenvalue weighted by Gasteiger charge is -2.47. The first-order valence-electron chi connectivity index (χ1n) is 18.6. The van der Waals surface area contributed by atoms with E-state index in [9.17, 15) is 46.1 Å². The number of rotatable bonds is 10. The second-order valence-electron chi connectivity index (χ2n) is 14.4. The number of piperidine rings is 1. The summed E-state index contributed by atoms with van der Waals surface area (Å²) in [6, 6.07) is 14.9. The SMILES string of the molecule is CC(C)c1nc(C(=O)N2CCOC3(CCN(Cc4cccc(CCNC[C@H](O)c5ccc(O)c6[nH]c(=O)ccc56)c4)CC3)C2)cs1.O=C(O)C(F)(F)F.O=C(O)C(F)(F)F. The van der Waals surface area contributed by atoms with E-state index in [1.165, 1.54) is 23.3 Å². The topological polar surface area (TPSA) is 206 Å². The Kier molecular flexibility index (Phi) is 16.2. The van der Waals surface area contributed by atoms with Crippen LogP contribution in [0.3, 0.4) is 0 Å². The summed E-state index contributed by atoms with van der Waals surface area (Å²) in [5.74, 6) is -5.20. The molecule has 2 fully saturated rings. The molecule has 2 aromatic heterocycles. The maximum atomic E-state index is 13.2. The number of carbonyl (C=O) groups excluding carboxylic acids is 1. The smallest absolute Gasteiger partial charge is 0.490 e. The molecule has 1 amide bonds. The molecular formula is C39H45F6N5O9S. The van der Waals surface area contributed by atoms with Crippen LogP contribution in [0.2, 0.25) is 0 Å². The summed E-state index contributed by atoms with van der Waals surface area (Å²) in [5, 5.41) is 42.1. The molecule has 14 nitrogen and oxygen atoms in total. The van der Waals surface area contributed by atoms with E-state index in [0.29, 0.717) is 60.9 Å². The van der Waals surface area contributed by atoms with Crippen molar-refractivity contribution in [3.8, 4) is 5.75 Å². The molecule has 2 aromatic carbocycles. The lowest BCUT2D eigenvalue weighted by molar-refractivity contribution is -0.193. The van der Waals surface area contributed by atoms with Crippen molar-refractivity contribution >= 4 is 40.1 Å². The highest BCUT2D eigenvalue weighted by Gasteiger charge is 2.42. The van der Waals surface area contributed by atoms with Gasteiger partial charge in [0.2, 0.25) is 5.56 Å². The van der Waals surface area contributed by atoms with Crippen LogP contribution in [0, 0.1) is 0 Å². The first-order valence-corrected chi connectivity index (χ1v) is 19.5. The number of phenolic OH excluding ortho intramolecular Hbond substituents is 1. The third kappa shape index (κ3) is 13.5. The maximum absolute atomic E-state index is 13.2. The second kappa shape index (κ2) is 20.4. The van der Waals surface area contributed by atoms with E-state index >= 15 is 0 Å². The zero-order valence-corrected chi connectivity index (χ0v) is 33.3. The molecule has 328 valence electrons. The van der Waals surface area contributed by atoms with Gasteiger partial charge in [-0.2, -0.15) is 26.3 Å². The number of aliphatic hydroxyl groups excluding tert-OH is 1. The minimum absolute atomic E-state index is 0.0143. The Hall–Kier alpha value is -5.09. The number of hydrogen-bond donors (Lipinski definition) is 6. The normalized spacial score (nSPS) is 16.1. The molecule has 21 heteroatoms. The summed E-state index contributed by atoms with van der Waals surface area (Å²) in [6.45, 7) is 9.73. The average molecular weight is 874 g/mol. The molecular weight excluding hydrogens is 829 g/mol. The van der Waals surface area contributed by atoms with Crippen LogP contribution in [0.1, 0.15) is 70.9 Å². The number of nitrogens with zero attached hydrogens (tertiary/aromatic N) is 3. The highest BCUT2D eigenvalue weighted by Crippen LogP contribution is 2.32. The van der Waals surface area contributed by atoms with Gasteiger partial charge in [0.05, 0.1) is 35.4 Å². The number of halogens is 6. The number of hydrogen-bond acceptors (Lipinski definition) is 11. The van der Waals surface area contributed by atoms with Crippen LogP contribution >= 0.6 is 11.3 Å². The number of nitrogens with one attached hydrogen (secondary N) is 2. The van der Waals surface area contributed by atoms with E-state index in [0.717, 1.165) is 43.9 Å². The van der Waals surface area contributed by atoms with Gasteiger partial charge in [-0.15, -0.1) is 11.3 Å². The van der Waals surface area contributed by atoms with E-state index in [1.54, 1.807) is 23.5 Å². The lowest BCUT2D eigenvalue weighted by atomic mass is 9.89. The summed E-state index contributed by atoms with van der Waals surface area (Å²) < 4.78 is 69.8. The number of carbonyl (C=O) groups is 3. The molecule has 0 aliphatic carbocycles. The number of phenols is 1. The number of carboxylic acids is 2. The summed E-state index contributed by atoms with van der Waals surface area (Å²) >= 11 is 1.56. The van der Waals surface area contributed by atoms with Crippen LogP contribution in [-0.4, -0.2) is 122 Å². The lowest BCUT2D eigenvalue weighted by Crippen LogP contribution is -2.58. The number of aliphatic carboxylic acids is 2.